The predicted octanol–water partition coefficient (Wildman–Crippen LogP) is 0.781. The zero-order valence-electron chi connectivity index (χ0n) is 20.4. The molecule has 5 N–H and O–H groups in total. The van der Waals surface area contributed by atoms with Crippen molar-refractivity contribution in [3.8, 4) is 11.4 Å². The molecule has 1 aliphatic heterocycles. The van der Waals surface area contributed by atoms with Gasteiger partial charge < -0.3 is 29.9 Å². The Kier molecular flexibility index (Phi) is 7.39. The molecule has 4 aromatic rings. The zero-order valence-corrected chi connectivity index (χ0v) is 20.4. The normalized spacial score (nSPS) is 23.6. The second-order valence-electron chi connectivity index (χ2n) is 8.90. The third-order valence-electron chi connectivity index (χ3n) is 6.27. The summed E-state index contributed by atoms with van der Waals surface area (Å²) in [5.74, 6) is 0.271. The summed E-state index contributed by atoms with van der Waals surface area (Å²) in [4.78, 5) is 8.44. The maximum absolute atomic E-state index is 12.9. The molecule has 5 unspecified atom stereocenters. The van der Waals surface area contributed by atoms with E-state index in [1.165, 1.54) is 40.2 Å². The average Bonchev–Trinajstić information content (AvgIpc) is 3.38. The van der Waals surface area contributed by atoms with Crippen LogP contribution < -0.4 is 10.2 Å². The van der Waals surface area contributed by atoms with E-state index in [9.17, 15) is 33.6 Å². The summed E-state index contributed by atoms with van der Waals surface area (Å²) in [6, 6.07) is 10.8. The largest absolute Gasteiger partial charge is 0.462 e. The van der Waals surface area contributed by atoms with Crippen LogP contribution in [0.3, 0.4) is 0 Å². The summed E-state index contributed by atoms with van der Waals surface area (Å²) in [5.41, 5.74) is 0.566. The number of ether oxygens (including phenoxy) is 2. The minimum Gasteiger partial charge on any atom is -0.462 e. The second-order valence-corrected chi connectivity index (χ2v) is 8.90. The highest BCUT2D eigenvalue weighted by Gasteiger charge is 2.44. The van der Waals surface area contributed by atoms with Crippen molar-refractivity contribution in [3.05, 3.63) is 77.8 Å². The first kappa shape index (κ1) is 27.4. The van der Waals surface area contributed by atoms with Crippen molar-refractivity contribution in [2.45, 2.75) is 36.9 Å². The van der Waals surface area contributed by atoms with Crippen LogP contribution in [0.4, 0.5) is 13.2 Å². The van der Waals surface area contributed by atoms with E-state index in [1.54, 1.807) is 24.3 Å². The molecular formula is C25H23F3N6O6. The molecule has 0 bridgehead atoms. The Labute approximate surface area is 223 Å². The number of aliphatic hydroxyl groups excluding tert-OH is 4. The lowest BCUT2D eigenvalue weighted by Gasteiger charge is -2.39. The second kappa shape index (κ2) is 10.8. The van der Waals surface area contributed by atoms with Crippen molar-refractivity contribution >= 4 is 17.4 Å². The van der Waals surface area contributed by atoms with Gasteiger partial charge >= 0.3 is 6.18 Å². The average molecular weight is 560 g/mol. The molecule has 12 nitrogen and oxygen atoms in total. The Balaban J connectivity index is 1.30. The summed E-state index contributed by atoms with van der Waals surface area (Å²) in [5, 5.41) is 51.8. The molecule has 2 aromatic heterocycles. The van der Waals surface area contributed by atoms with Gasteiger partial charge in [0.05, 0.1) is 18.4 Å². The van der Waals surface area contributed by atoms with Gasteiger partial charge in [-0.25, -0.2) is 14.6 Å². The number of imidazole rings is 1. The lowest BCUT2D eigenvalue weighted by molar-refractivity contribution is -0.277. The fraction of sp³-hybridized carbons (Fsp3) is 0.280. The van der Waals surface area contributed by atoms with Gasteiger partial charge in [-0.2, -0.15) is 18.3 Å². The number of halogens is 3. The van der Waals surface area contributed by atoms with Crippen molar-refractivity contribution in [1.82, 2.24) is 19.2 Å². The molecule has 40 heavy (non-hydrogen) atoms. The predicted molar refractivity (Wildman–Crippen MR) is 132 cm³/mol. The van der Waals surface area contributed by atoms with E-state index >= 15 is 0 Å². The Morgan fingerprint density at radius 1 is 0.975 bits per heavy atom. The number of nitrogens with zero attached hydrogens (tertiary/aromatic N) is 5. The van der Waals surface area contributed by atoms with E-state index in [1.807, 2.05) is 0 Å². The highest BCUT2D eigenvalue weighted by molar-refractivity contribution is 5.79. The zero-order chi connectivity index (χ0) is 28.6. The number of nitrogens with one attached hydrogen (secondary N) is 1. The van der Waals surface area contributed by atoms with E-state index in [0.717, 1.165) is 12.1 Å². The van der Waals surface area contributed by atoms with Crippen LogP contribution in [0.15, 0.2) is 66.3 Å². The minimum absolute atomic E-state index is 0.102. The van der Waals surface area contributed by atoms with Crippen molar-refractivity contribution in [2.75, 3.05) is 6.61 Å². The fourth-order valence-electron chi connectivity index (χ4n) is 4.06. The van der Waals surface area contributed by atoms with Gasteiger partial charge in [0.1, 0.15) is 42.8 Å². The Bertz CT molecular complexity index is 1570. The number of benzene rings is 2. The van der Waals surface area contributed by atoms with Gasteiger partial charge in [-0.05, 0) is 54.1 Å². The summed E-state index contributed by atoms with van der Waals surface area (Å²) in [6.07, 6.45) is -7.40. The summed E-state index contributed by atoms with van der Waals surface area (Å²) < 4.78 is 52.1. The van der Waals surface area contributed by atoms with Crippen LogP contribution in [0.25, 0.3) is 16.9 Å². The number of alkyl halides is 3. The van der Waals surface area contributed by atoms with Crippen molar-refractivity contribution < 1.29 is 43.1 Å². The standard InChI is InChI=1S/C25H23F3N6O6/c26-25(27,28)14-3-5-15(6-4-14)33-11-30-18-22(29)34(12-31-23(18)33)32-9-13-1-7-16(8-2-13)39-24-21(38)20(37)19(36)17(10-35)40-24/h1-9,11-12,17,19-21,24,29,35-38H,10H2. The lowest BCUT2D eigenvalue weighted by Crippen LogP contribution is -2.60. The molecule has 1 fully saturated rings. The molecule has 2 aromatic carbocycles. The summed E-state index contributed by atoms with van der Waals surface area (Å²) in [7, 11) is 0. The molecule has 210 valence electrons. The molecule has 3 heterocycles. The smallest absolute Gasteiger partial charge is 0.416 e. The maximum Gasteiger partial charge on any atom is 0.416 e. The van der Waals surface area contributed by atoms with Crippen molar-refractivity contribution in [3.63, 3.8) is 0 Å². The van der Waals surface area contributed by atoms with Gasteiger partial charge in [0.25, 0.3) is 0 Å². The first-order valence-electron chi connectivity index (χ1n) is 11.9. The van der Waals surface area contributed by atoms with Gasteiger partial charge in [-0.15, -0.1) is 0 Å². The van der Waals surface area contributed by atoms with Gasteiger partial charge in [-0.3, -0.25) is 9.98 Å². The van der Waals surface area contributed by atoms with Gasteiger partial charge in [0.15, 0.2) is 16.7 Å². The molecule has 15 heteroatoms. The van der Waals surface area contributed by atoms with Gasteiger partial charge in [0.2, 0.25) is 6.29 Å². The first-order chi connectivity index (χ1) is 19.1. The van der Waals surface area contributed by atoms with E-state index in [0.29, 0.717) is 11.3 Å². The van der Waals surface area contributed by atoms with E-state index in [-0.39, 0.29) is 22.4 Å². The molecule has 0 spiro atoms. The van der Waals surface area contributed by atoms with E-state index in [2.05, 4.69) is 15.1 Å². The Morgan fingerprint density at radius 3 is 2.33 bits per heavy atom. The molecule has 1 saturated heterocycles. The Morgan fingerprint density at radius 2 is 1.68 bits per heavy atom. The number of rotatable bonds is 6. The summed E-state index contributed by atoms with van der Waals surface area (Å²) in [6.45, 7) is -0.578. The molecule has 5 rings (SSSR count). The highest BCUT2D eigenvalue weighted by atomic mass is 19.4. The lowest BCUT2D eigenvalue weighted by atomic mass is 9.99. The third kappa shape index (κ3) is 5.32. The van der Waals surface area contributed by atoms with Gasteiger partial charge in [0, 0.05) is 5.69 Å². The molecule has 1 aliphatic rings. The molecular weight excluding hydrogens is 537 g/mol. The summed E-state index contributed by atoms with van der Waals surface area (Å²) >= 11 is 0. The van der Waals surface area contributed by atoms with Crippen LogP contribution >= 0.6 is 0 Å². The van der Waals surface area contributed by atoms with Crippen molar-refractivity contribution in [1.29, 1.82) is 5.41 Å². The number of fused-ring (bicyclic) bond motifs is 1. The third-order valence-corrected chi connectivity index (χ3v) is 6.27. The highest BCUT2D eigenvalue weighted by Crippen LogP contribution is 2.30. The molecule has 0 saturated carbocycles. The number of aromatic nitrogens is 4. The van der Waals surface area contributed by atoms with Crippen LogP contribution in [-0.2, 0) is 10.9 Å². The van der Waals surface area contributed by atoms with Crippen LogP contribution in [0.2, 0.25) is 0 Å². The number of hydrogen-bond acceptors (Lipinski definition) is 10. The Hall–Kier alpha value is -4.15. The van der Waals surface area contributed by atoms with Crippen LogP contribution in [0.1, 0.15) is 11.1 Å². The molecule has 5 atom stereocenters. The van der Waals surface area contributed by atoms with E-state index in [4.69, 9.17) is 14.9 Å². The molecule has 0 radical (unpaired) electrons. The molecule has 0 aliphatic carbocycles. The van der Waals surface area contributed by atoms with Crippen LogP contribution in [0, 0.1) is 5.41 Å². The minimum atomic E-state index is -4.46. The van der Waals surface area contributed by atoms with E-state index < -0.39 is 49.1 Å². The first-order valence-corrected chi connectivity index (χ1v) is 11.9. The van der Waals surface area contributed by atoms with Gasteiger partial charge in [-0.1, -0.05) is 0 Å². The molecule has 0 amide bonds. The van der Waals surface area contributed by atoms with Crippen molar-refractivity contribution in [2.24, 2.45) is 5.10 Å². The fourth-order valence-corrected chi connectivity index (χ4v) is 4.06. The maximum atomic E-state index is 12.9. The topological polar surface area (TPSA) is 171 Å². The van der Waals surface area contributed by atoms with Crippen LogP contribution in [-0.4, -0.2) is 83.2 Å². The number of aliphatic hydroxyl groups is 4. The monoisotopic (exact) mass is 560 g/mol. The SMILES string of the molecule is N=c1c2ncn(-c3ccc(C(F)(F)F)cc3)c2ncn1N=Cc1ccc(OC2OC(CO)C(O)C(O)C2O)cc1. The number of hydrogen-bond donors (Lipinski definition) is 5. The van der Waals surface area contributed by atoms with Crippen LogP contribution in [0.5, 0.6) is 5.75 Å². The quantitative estimate of drug-likeness (QED) is 0.215.